The fraction of sp³-hybridized carbons (Fsp3) is 0.633. The van der Waals surface area contributed by atoms with Gasteiger partial charge in [0.05, 0.1) is 48.7 Å². The van der Waals surface area contributed by atoms with Crippen LogP contribution in [0.2, 0.25) is 5.02 Å². The summed E-state index contributed by atoms with van der Waals surface area (Å²) >= 11 is 5.88. The number of amides is 1. The second kappa shape index (κ2) is 14.0. The van der Waals surface area contributed by atoms with Crippen molar-refractivity contribution in [2.24, 2.45) is 5.92 Å². The SMILES string of the molecule is O=C(Cc1ccc(OCCCC2CCN(c3ncc(Cl)cn3)CC2)cc1F)N1CCC12CN(C[C@H](O)[C@H](O)[C@H](O)CO)C2. The van der Waals surface area contributed by atoms with E-state index in [2.05, 4.69) is 14.9 Å². The third-order valence-corrected chi connectivity index (χ3v) is 9.22. The van der Waals surface area contributed by atoms with E-state index in [4.69, 9.17) is 21.4 Å². The molecule has 1 spiro atoms. The summed E-state index contributed by atoms with van der Waals surface area (Å²) in [4.78, 5) is 27.5. The highest BCUT2D eigenvalue weighted by Gasteiger charge is 2.55. The van der Waals surface area contributed by atoms with Crippen molar-refractivity contribution in [2.45, 2.75) is 62.4 Å². The fourth-order valence-electron chi connectivity index (χ4n) is 6.38. The molecule has 236 valence electrons. The first-order valence-electron chi connectivity index (χ1n) is 15.0. The Hall–Kier alpha value is -2.61. The van der Waals surface area contributed by atoms with Crippen molar-refractivity contribution < 1.29 is 34.3 Å². The summed E-state index contributed by atoms with van der Waals surface area (Å²) in [7, 11) is 0. The van der Waals surface area contributed by atoms with Gasteiger partial charge in [0.2, 0.25) is 11.9 Å². The molecule has 0 aliphatic carbocycles. The maximum absolute atomic E-state index is 14.9. The number of nitrogens with zero attached hydrogens (tertiary/aromatic N) is 5. The maximum Gasteiger partial charge on any atom is 0.227 e. The number of rotatable bonds is 13. The molecule has 1 aromatic heterocycles. The Morgan fingerprint density at radius 3 is 2.47 bits per heavy atom. The molecule has 3 aliphatic heterocycles. The summed E-state index contributed by atoms with van der Waals surface area (Å²) in [5, 5.41) is 39.0. The number of halogens is 2. The van der Waals surface area contributed by atoms with Crippen molar-refractivity contribution in [2.75, 3.05) is 57.4 Å². The molecule has 43 heavy (non-hydrogen) atoms. The van der Waals surface area contributed by atoms with Gasteiger partial charge in [-0.25, -0.2) is 14.4 Å². The predicted octanol–water partition coefficient (Wildman–Crippen LogP) is 1.25. The summed E-state index contributed by atoms with van der Waals surface area (Å²) in [6.07, 6.45) is 3.94. The van der Waals surface area contributed by atoms with Crippen LogP contribution >= 0.6 is 11.6 Å². The van der Waals surface area contributed by atoms with Crippen LogP contribution in [-0.4, -0.2) is 122 Å². The van der Waals surface area contributed by atoms with Crippen LogP contribution in [0.25, 0.3) is 0 Å². The molecule has 1 amide bonds. The molecule has 0 radical (unpaired) electrons. The van der Waals surface area contributed by atoms with Crippen LogP contribution in [0.4, 0.5) is 10.3 Å². The topological polar surface area (TPSA) is 143 Å². The molecule has 0 unspecified atom stereocenters. The van der Waals surface area contributed by atoms with Gasteiger partial charge in [-0.3, -0.25) is 9.69 Å². The smallest absolute Gasteiger partial charge is 0.227 e. The van der Waals surface area contributed by atoms with Crippen LogP contribution in [0.3, 0.4) is 0 Å². The molecule has 5 rings (SSSR count). The van der Waals surface area contributed by atoms with Gasteiger partial charge in [-0.1, -0.05) is 17.7 Å². The zero-order valence-electron chi connectivity index (χ0n) is 24.2. The van der Waals surface area contributed by atoms with Crippen molar-refractivity contribution >= 4 is 23.5 Å². The molecule has 3 atom stereocenters. The lowest BCUT2D eigenvalue weighted by atomic mass is 9.76. The van der Waals surface area contributed by atoms with Gasteiger partial charge in [0.1, 0.15) is 23.8 Å². The molecule has 3 saturated heterocycles. The van der Waals surface area contributed by atoms with Gasteiger partial charge in [0.15, 0.2) is 0 Å². The first-order chi connectivity index (χ1) is 20.7. The Morgan fingerprint density at radius 1 is 1.12 bits per heavy atom. The summed E-state index contributed by atoms with van der Waals surface area (Å²) in [5.41, 5.74) is -0.0135. The number of β-amino-alcohol motifs (C(OH)–C–C–N with tert-alkyl or cyclic N) is 1. The average molecular weight is 622 g/mol. The van der Waals surface area contributed by atoms with Crippen molar-refractivity contribution in [1.29, 1.82) is 0 Å². The van der Waals surface area contributed by atoms with Gasteiger partial charge in [0, 0.05) is 45.3 Å². The summed E-state index contributed by atoms with van der Waals surface area (Å²) < 4.78 is 20.7. The molecule has 11 nitrogen and oxygen atoms in total. The zero-order chi connectivity index (χ0) is 30.6. The number of aliphatic hydroxyl groups excluding tert-OH is 4. The number of carbonyl (C=O) groups excluding carboxylic acids is 1. The highest BCUT2D eigenvalue weighted by Crippen LogP contribution is 2.40. The second-order valence-corrected chi connectivity index (χ2v) is 12.5. The molecular formula is C30H41ClFN5O6. The number of aromatic nitrogens is 2. The molecule has 4 heterocycles. The minimum atomic E-state index is -1.45. The Bertz CT molecular complexity index is 1230. The number of anilines is 1. The van der Waals surface area contributed by atoms with E-state index in [0.717, 1.165) is 45.2 Å². The van der Waals surface area contributed by atoms with E-state index < -0.39 is 30.7 Å². The number of likely N-dealkylation sites (tertiary alicyclic amines) is 2. The minimum absolute atomic E-state index is 0.0440. The van der Waals surface area contributed by atoms with Crippen LogP contribution in [0, 0.1) is 11.7 Å². The summed E-state index contributed by atoms with van der Waals surface area (Å²) in [6.45, 7) is 3.44. The average Bonchev–Trinajstić information content (AvgIpc) is 2.97. The third-order valence-electron chi connectivity index (χ3n) is 9.03. The Balaban J connectivity index is 1.00. The molecular weight excluding hydrogens is 581 g/mol. The Labute approximate surface area is 255 Å². The number of hydrogen-bond acceptors (Lipinski definition) is 10. The van der Waals surface area contributed by atoms with Crippen LogP contribution < -0.4 is 9.64 Å². The highest BCUT2D eigenvalue weighted by atomic mass is 35.5. The molecule has 3 fully saturated rings. The van der Waals surface area contributed by atoms with E-state index in [0.29, 0.717) is 54.4 Å². The Kier molecular flexibility index (Phi) is 10.4. The normalized spacial score (nSPS) is 20.8. The van der Waals surface area contributed by atoms with Gasteiger partial charge in [-0.2, -0.15) is 0 Å². The number of hydrogen-bond donors (Lipinski definition) is 4. The molecule has 0 saturated carbocycles. The van der Waals surface area contributed by atoms with Crippen molar-refractivity contribution in [3.05, 3.63) is 47.0 Å². The molecule has 2 aromatic rings. The monoisotopic (exact) mass is 621 g/mol. The molecule has 3 aliphatic rings. The van der Waals surface area contributed by atoms with Gasteiger partial charge in [-0.05, 0) is 49.7 Å². The number of ether oxygens (including phenoxy) is 1. The Morgan fingerprint density at radius 2 is 1.84 bits per heavy atom. The first kappa shape index (κ1) is 31.8. The van der Waals surface area contributed by atoms with Gasteiger partial charge < -0.3 is 35.0 Å². The van der Waals surface area contributed by atoms with Crippen LogP contribution in [-0.2, 0) is 11.2 Å². The lowest BCUT2D eigenvalue weighted by Gasteiger charge is -2.63. The molecule has 4 N–H and O–H groups in total. The quantitative estimate of drug-likeness (QED) is 0.241. The molecule has 13 heteroatoms. The van der Waals surface area contributed by atoms with E-state index in [1.54, 1.807) is 29.4 Å². The zero-order valence-corrected chi connectivity index (χ0v) is 24.9. The van der Waals surface area contributed by atoms with Crippen LogP contribution in [0.5, 0.6) is 5.75 Å². The third kappa shape index (κ3) is 7.55. The second-order valence-electron chi connectivity index (χ2n) is 12.0. The van der Waals surface area contributed by atoms with E-state index >= 15 is 0 Å². The molecule has 1 aromatic carbocycles. The number of piperidine rings is 1. The predicted molar refractivity (Wildman–Crippen MR) is 157 cm³/mol. The number of aliphatic hydroxyl groups is 4. The fourth-order valence-corrected chi connectivity index (χ4v) is 6.48. The van der Waals surface area contributed by atoms with Gasteiger partial charge in [0.25, 0.3) is 0 Å². The van der Waals surface area contributed by atoms with Crippen LogP contribution in [0.1, 0.15) is 37.7 Å². The minimum Gasteiger partial charge on any atom is -0.493 e. The largest absolute Gasteiger partial charge is 0.493 e. The highest BCUT2D eigenvalue weighted by molar-refractivity contribution is 6.30. The van der Waals surface area contributed by atoms with E-state index in [-0.39, 0.29) is 24.4 Å². The lowest BCUT2D eigenvalue weighted by molar-refractivity contribution is -0.171. The maximum atomic E-state index is 14.9. The van der Waals surface area contributed by atoms with E-state index in [1.165, 1.54) is 6.07 Å². The van der Waals surface area contributed by atoms with Crippen LogP contribution in [0.15, 0.2) is 30.6 Å². The lowest BCUT2D eigenvalue weighted by Crippen LogP contribution is -2.78. The van der Waals surface area contributed by atoms with Crippen molar-refractivity contribution in [1.82, 2.24) is 19.8 Å². The first-order valence-corrected chi connectivity index (χ1v) is 15.4. The standard InChI is InChI=1S/C30H41ClFN5O6/c31-22-14-33-29(34-15-22)36-8-5-20(6-9-36)2-1-11-43-23-4-3-21(24(32)13-23)12-27(41)37-10-7-30(37)18-35(19-30)16-25(39)28(42)26(40)17-38/h3-4,13-15,20,25-26,28,38-40,42H,1-2,5-12,16-19H2/t25-,26+,28-/m0/s1. The number of carbonyl (C=O) groups is 1. The van der Waals surface area contributed by atoms with Crippen molar-refractivity contribution in [3.63, 3.8) is 0 Å². The van der Waals surface area contributed by atoms with Gasteiger partial charge in [-0.15, -0.1) is 0 Å². The summed E-state index contributed by atoms with van der Waals surface area (Å²) in [6, 6.07) is 4.67. The van der Waals surface area contributed by atoms with Crippen molar-refractivity contribution in [3.8, 4) is 5.75 Å². The number of benzene rings is 1. The summed E-state index contributed by atoms with van der Waals surface area (Å²) in [5.74, 6) is 1.14. The van der Waals surface area contributed by atoms with E-state index in [1.807, 2.05) is 4.90 Å². The van der Waals surface area contributed by atoms with Gasteiger partial charge >= 0.3 is 0 Å². The van der Waals surface area contributed by atoms with E-state index in [9.17, 15) is 24.5 Å². The molecule has 0 bridgehead atoms.